The van der Waals surface area contributed by atoms with Crippen molar-refractivity contribution in [2.45, 2.75) is 19.1 Å². The van der Waals surface area contributed by atoms with Gasteiger partial charge in [-0.3, -0.25) is 4.79 Å². The second kappa shape index (κ2) is 7.22. The number of aliphatic hydroxyl groups is 2. The van der Waals surface area contributed by atoms with Crippen LogP contribution < -0.4 is 5.32 Å². The molecule has 0 fully saturated rings. The summed E-state index contributed by atoms with van der Waals surface area (Å²) in [6.45, 7) is -0.0862. The Kier molecular flexibility index (Phi) is 5.33. The molecular formula is C16H16ClNO3. The molecule has 0 aliphatic rings. The summed E-state index contributed by atoms with van der Waals surface area (Å²) >= 11 is 5.78. The van der Waals surface area contributed by atoms with Crippen LogP contribution in [0.1, 0.15) is 23.7 Å². The number of hydrogen-bond donors (Lipinski definition) is 3. The summed E-state index contributed by atoms with van der Waals surface area (Å²) in [5.74, 6) is -0.299. The van der Waals surface area contributed by atoms with E-state index in [-0.39, 0.29) is 18.9 Å². The number of anilines is 1. The van der Waals surface area contributed by atoms with Gasteiger partial charge >= 0.3 is 0 Å². The molecule has 0 spiro atoms. The number of hydrogen-bond acceptors (Lipinski definition) is 3. The quantitative estimate of drug-likeness (QED) is 0.795. The highest BCUT2D eigenvalue weighted by Gasteiger charge is 2.13. The van der Waals surface area contributed by atoms with Crippen LogP contribution in [-0.4, -0.2) is 16.1 Å². The van der Waals surface area contributed by atoms with Crippen molar-refractivity contribution in [2.75, 3.05) is 5.32 Å². The number of halogens is 1. The van der Waals surface area contributed by atoms with Crippen molar-refractivity contribution in [1.29, 1.82) is 0 Å². The fraction of sp³-hybridized carbons (Fsp3) is 0.188. The molecule has 0 saturated carbocycles. The highest BCUT2D eigenvalue weighted by molar-refractivity contribution is 6.30. The number of benzene rings is 2. The smallest absolute Gasteiger partial charge is 0.227 e. The van der Waals surface area contributed by atoms with E-state index in [1.807, 2.05) is 0 Å². The Morgan fingerprint density at radius 3 is 2.57 bits per heavy atom. The molecule has 0 aromatic heterocycles. The zero-order valence-electron chi connectivity index (χ0n) is 11.3. The summed E-state index contributed by atoms with van der Waals surface area (Å²) in [4.78, 5) is 11.9. The van der Waals surface area contributed by atoms with Gasteiger partial charge in [-0.25, -0.2) is 0 Å². The van der Waals surface area contributed by atoms with E-state index in [1.165, 1.54) is 0 Å². The monoisotopic (exact) mass is 305 g/mol. The normalized spacial score (nSPS) is 12.0. The zero-order valence-corrected chi connectivity index (χ0v) is 12.0. The minimum Gasteiger partial charge on any atom is -0.392 e. The average Bonchev–Trinajstić information content (AvgIpc) is 2.47. The van der Waals surface area contributed by atoms with Gasteiger partial charge in [0.1, 0.15) is 0 Å². The van der Waals surface area contributed by atoms with Gasteiger partial charge in [-0.15, -0.1) is 0 Å². The molecule has 110 valence electrons. The van der Waals surface area contributed by atoms with Crippen LogP contribution in [0.2, 0.25) is 5.02 Å². The lowest BCUT2D eigenvalue weighted by Gasteiger charge is -2.12. The van der Waals surface area contributed by atoms with E-state index in [9.17, 15) is 9.90 Å². The molecule has 0 bridgehead atoms. The lowest BCUT2D eigenvalue weighted by atomic mass is 10.1. The van der Waals surface area contributed by atoms with Crippen molar-refractivity contribution in [3.8, 4) is 0 Å². The van der Waals surface area contributed by atoms with Gasteiger partial charge in [0.25, 0.3) is 0 Å². The highest BCUT2D eigenvalue weighted by Crippen LogP contribution is 2.20. The molecule has 1 unspecified atom stereocenters. The number of rotatable bonds is 5. The number of aliphatic hydroxyl groups excluding tert-OH is 2. The maximum Gasteiger partial charge on any atom is 0.227 e. The molecule has 5 heteroatoms. The van der Waals surface area contributed by atoms with E-state index < -0.39 is 6.10 Å². The molecule has 1 atom stereocenters. The van der Waals surface area contributed by atoms with Crippen LogP contribution in [-0.2, 0) is 11.4 Å². The van der Waals surface area contributed by atoms with Gasteiger partial charge in [0.15, 0.2) is 0 Å². The third kappa shape index (κ3) is 4.56. The second-order valence-corrected chi connectivity index (χ2v) is 5.11. The lowest BCUT2D eigenvalue weighted by molar-refractivity contribution is -0.118. The Hall–Kier alpha value is -1.88. The van der Waals surface area contributed by atoms with Crippen molar-refractivity contribution in [3.05, 3.63) is 64.7 Å². The van der Waals surface area contributed by atoms with Crippen molar-refractivity contribution < 1.29 is 15.0 Å². The third-order valence-electron chi connectivity index (χ3n) is 3.03. The molecule has 3 N–H and O–H groups in total. The molecule has 0 aliphatic carbocycles. The van der Waals surface area contributed by atoms with Crippen molar-refractivity contribution in [2.24, 2.45) is 0 Å². The van der Waals surface area contributed by atoms with Crippen LogP contribution in [0.25, 0.3) is 0 Å². The first-order chi connectivity index (χ1) is 10.1. The van der Waals surface area contributed by atoms with Crippen molar-refractivity contribution in [1.82, 2.24) is 0 Å². The Labute approximate surface area is 128 Å². The van der Waals surface area contributed by atoms with E-state index in [0.717, 1.165) is 0 Å². The van der Waals surface area contributed by atoms with Crippen LogP contribution in [0.15, 0.2) is 48.5 Å². The standard InChI is InChI=1S/C16H16ClNO3/c17-13-6-4-12(5-7-13)15(20)9-16(21)18-14-3-1-2-11(8-14)10-19/h1-8,15,19-20H,9-10H2,(H,18,21). The van der Waals surface area contributed by atoms with Gasteiger partial charge in [0.05, 0.1) is 19.1 Å². The molecule has 0 aliphatic heterocycles. The summed E-state index contributed by atoms with van der Waals surface area (Å²) in [7, 11) is 0. The Morgan fingerprint density at radius 2 is 1.90 bits per heavy atom. The van der Waals surface area contributed by atoms with Crippen LogP contribution >= 0.6 is 11.6 Å². The molecule has 2 rings (SSSR count). The maximum absolute atomic E-state index is 11.9. The van der Waals surface area contributed by atoms with Gasteiger partial charge in [-0.1, -0.05) is 35.9 Å². The van der Waals surface area contributed by atoms with Crippen LogP contribution in [0.4, 0.5) is 5.69 Å². The molecule has 1 amide bonds. The number of amides is 1. The first kappa shape index (κ1) is 15.5. The van der Waals surface area contributed by atoms with Gasteiger partial charge in [-0.05, 0) is 35.4 Å². The topological polar surface area (TPSA) is 69.6 Å². The molecule has 0 saturated heterocycles. The summed E-state index contributed by atoms with van der Waals surface area (Å²) in [5.41, 5.74) is 1.94. The number of carbonyl (C=O) groups excluding carboxylic acids is 1. The summed E-state index contributed by atoms with van der Waals surface area (Å²) in [6, 6.07) is 13.6. The van der Waals surface area contributed by atoms with Gasteiger partial charge in [0.2, 0.25) is 5.91 Å². The van der Waals surface area contributed by atoms with Gasteiger partial charge < -0.3 is 15.5 Å². The SMILES string of the molecule is O=C(CC(O)c1ccc(Cl)cc1)Nc1cccc(CO)c1. The van der Waals surface area contributed by atoms with E-state index in [4.69, 9.17) is 16.7 Å². The van der Waals surface area contributed by atoms with E-state index in [2.05, 4.69) is 5.32 Å². The molecule has 0 heterocycles. The van der Waals surface area contributed by atoms with Crippen LogP contribution in [0, 0.1) is 0 Å². The maximum atomic E-state index is 11.9. The van der Waals surface area contributed by atoms with Gasteiger partial charge in [0, 0.05) is 10.7 Å². The first-order valence-electron chi connectivity index (χ1n) is 6.51. The van der Waals surface area contributed by atoms with E-state index in [1.54, 1.807) is 48.5 Å². The Bertz CT molecular complexity index is 613. The minimum atomic E-state index is -0.886. The predicted octanol–water partition coefficient (Wildman–Crippen LogP) is 2.89. The summed E-state index contributed by atoms with van der Waals surface area (Å²) < 4.78 is 0. The zero-order chi connectivity index (χ0) is 15.2. The van der Waals surface area contributed by atoms with E-state index >= 15 is 0 Å². The molecular weight excluding hydrogens is 290 g/mol. The second-order valence-electron chi connectivity index (χ2n) is 4.68. The highest BCUT2D eigenvalue weighted by atomic mass is 35.5. The molecule has 2 aromatic carbocycles. The summed E-state index contributed by atoms with van der Waals surface area (Å²) in [5, 5.41) is 22.3. The third-order valence-corrected chi connectivity index (χ3v) is 3.28. The average molecular weight is 306 g/mol. The lowest BCUT2D eigenvalue weighted by Crippen LogP contribution is -2.15. The molecule has 2 aromatic rings. The summed E-state index contributed by atoms with van der Waals surface area (Å²) in [6.07, 6.45) is -0.936. The fourth-order valence-corrected chi connectivity index (χ4v) is 2.06. The van der Waals surface area contributed by atoms with Crippen LogP contribution in [0.5, 0.6) is 0 Å². The van der Waals surface area contributed by atoms with Crippen molar-refractivity contribution in [3.63, 3.8) is 0 Å². The van der Waals surface area contributed by atoms with Crippen LogP contribution in [0.3, 0.4) is 0 Å². The van der Waals surface area contributed by atoms with E-state index in [0.29, 0.717) is 21.8 Å². The Morgan fingerprint density at radius 1 is 1.19 bits per heavy atom. The molecule has 0 radical (unpaired) electrons. The predicted molar refractivity (Wildman–Crippen MR) is 82.0 cm³/mol. The van der Waals surface area contributed by atoms with Crippen molar-refractivity contribution >= 4 is 23.2 Å². The number of nitrogens with one attached hydrogen (secondary N) is 1. The molecule has 21 heavy (non-hydrogen) atoms. The molecule has 4 nitrogen and oxygen atoms in total. The minimum absolute atomic E-state index is 0.0506. The van der Waals surface area contributed by atoms with Gasteiger partial charge in [-0.2, -0.15) is 0 Å². The fourth-order valence-electron chi connectivity index (χ4n) is 1.94. The first-order valence-corrected chi connectivity index (χ1v) is 6.89. The Balaban J connectivity index is 1.96. The largest absolute Gasteiger partial charge is 0.392 e. The number of carbonyl (C=O) groups is 1.